The predicted molar refractivity (Wildman–Crippen MR) is 38.6 cm³/mol. The van der Waals surface area contributed by atoms with Gasteiger partial charge in [0.1, 0.15) is 10.6 Å². The van der Waals surface area contributed by atoms with Gasteiger partial charge in [-0.05, 0) is 28.9 Å². The lowest BCUT2D eigenvalue weighted by atomic mass is 10.2. The van der Waals surface area contributed by atoms with E-state index in [1.54, 1.807) is 13.0 Å². The molecule has 0 radical (unpaired) electrons. The fourth-order valence-electron chi connectivity index (χ4n) is 0.664. The Balaban J connectivity index is 2.65. The lowest BCUT2D eigenvalue weighted by Gasteiger charge is -2.09. The zero-order chi connectivity index (χ0) is 7.72. The van der Waals surface area contributed by atoms with Crippen LogP contribution >= 0.6 is 15.9 Å². The number of carbonyl (C=O) groups is 1. The average molecular weight is 207 g/mol. The molecule has 0 aromatic heterocycles. The van der Waals surface area contributed by atoms with E-state index in [0.717, 1.165) is 0 Å². The molecule has 0 saturated carbocycles. The van der Waals surface area contributed by atoms with Gasteiger partial charge in [0.25, 0.3) is 0 Å². The molecule has 1 aliphatic heterocycles. The highest BCUT2D eigenvalue weighted by molar-refractivity contribution is 9.12. The maximum Gasteiger partial charge on any atom is 0.345 e. The molecule has 1 heterocycles. The second-order valence-corrected chi connectivity index (χ2v) is 2.98. The number of hydrogen-bond donors (Lipinski definition) is 1. The number of cyclic esters (lactones) is 1. The van der Waals surface area contributed by atoms with Gasteiger partial charge in [-0.3, -0.25) is 0 Å². The van der Waals surface area contributed by atoms with E-state index in [-0.39, 0.29) is 0 Å². The Bertz CT molecular complexity index is 185. The first-order chi connectivity index (χ1) is 4.61. The van der Waals surface area contributed by atoms with E-state index in [9.17, 15) is 4.79 Å². The van der Waals surface area contributed by atoms with Crippen LogP contribution in [-0.2, 0) is 9.53 Å². The zero-order valence-electron chi connectivity index (χ0n) is 5.37. The fraction of sp³-hybridized carbons (Fsp3) is 0.500. The first-order valence-electron chi connectivity index (χ1n) is 2.87. The van der Waals surface area contributed by atoms with Crippen LogP contribution < -0.4 is 0 Å². The van der Waals surface area contributed by atoms with Gasteiger partial charge in [0.15, 0.2) is 0 Å². The smallest absolute Gasteiger partial charge is 0.345 e. The lowest BCUT2D eigenvalue weighted by Crippen LogP contribution is -2.21. The van der Waals surface area contributed by atoms with Crippen LogP contribution in [0.15, 0.2) is 10.6 Å². The molecule has 56 valence electrons. The topological polar surface area (TPSA) is 46.5 Å². The van der Waals surface area contributed by atoms with Crippen molar-refractivity contribution in [1.29, 1.82) is 0 Å². The van der Waals surface area contributed by atoms with Gasteiger partial charge in [-0.15, -0.1) is 0 Å². The van der Waals surface area contributed by atoms with Crippen LogP contribution in [0.25, 0.3) is 0 Å². The molecule has 10 heavy (non-hydrogen) atoms. The Kier molecular flexibility index (Phi) is 2.11. The molecule has 0 aromatic carbocycles. The number of aliphatic hydroxyl groups excluding tert-OH is 1. The van der Waals surface area contributed by atoms with Gasteiger partial charge >= 0.3 is 5.97 Å². The van der Waals surface area contributed by atoms with E-state index < -0.39 is 18.2 Å². The van der Waals surface area contributed by atoms with Crippen LogP contribution in [0.2, 0.25) is 0 Å². The zero-order valence-corrected chi connectivity index (χ0v) is 6.96. The standard InChI is InChI=1S/C6H7BrO3/c1-3(8)5-2-4(7)6(9)10-5/h2-3,5,8H,1H3. The Morgan fingerprint density at radius 1 is 1.90 bits per heavy atom. The molecule has 1 aliphatic rings. The van der Waals surface area contributed by atoms with Crippen LogP contribution in [0.5, 0.6) is 0 Å². The van der Waals surface area contributed by atoms with Gasteiger partial charge in [0.2, 0.25) is 0 Å². The number of rotatable bonds is 1. The molecule has 1 rings (SSSR count). The van der Waals surface area contributed by atoms with Gasteiger partial charge in [-0.25, -0.2) is 4.79 Å². The largest absolute Gasteiger partial charge is 0.451 e. The van der Waals surface area contributed by atoms with Crippen molar-refractivity contribution >= 4 is 21.9 Å². The van der Waals surface area contributed by atoms with Crippen molar-refractivity contribution in [2.24, 2.45) is 0 Å². The highest BCUT2D eigenvalue weighted by atomic mass is 79.9. The van der Waals surface area contributed by atoms with Gasteiger partial charge in [0.05, 0.1) is 6.10 Å². The van der Waals surface area contributed by atoms with Crippen LogP contribution in [0.3, 0.4) is 0 Å². The van der Waals surface area contributed by atoms with Crippen molar-refractivity contribution in [2.75, 3.05) is 0 Å². The molecule has 2 atom stereocenters. The normalized spacial score (nSPS) is 27.7. The molecular formula is C6H7BrO3. The molecule has 4 heteroatoms. The second-order valence-electron chi connectivity index (χ2n) is 2.13. The Hall–Kier alpha value is -0.350. The van der Waals surface area contributed by atoms with E-state index >= 15 is 0 Å². The maximum atomic E-state index is 10.6. The number of esters is 1. The minimum absolute atomic E-state index is 0.387. The summed E-state index contributed by atoms with van der Waals surface area (Å²) in [6.07, 6.45) is 0.424. The highest BCUT2D eigenvalue weighted by Crippen LogP contribution is 2.20. The Morgan fingerprint density at radius 3 is 2.70 bits per heavy atom. The maximum absolute atomic E-state index is 10.6. The summed E-state index contributed by atoms with van der Waals surface area (Å²) in [5.41, 5.74) is 0. The quantitative estimate of drug-likeness (QED) is 0.639. The molecule has 0 amide bonds. The Labute approximate surface area is 66.8 Å². The van der Waals surface area contributed by atoms with Gasteiger partial charge in [-0.2, -0.15) is 0 Å². The molecule has 0 saturated heterocycles. The summed E-state index contributed by atoms with van der Waals surface area (Å²) in [4.78, 5) is 10.6. The molecule has 0 aromatic rings. The number of aliphatic hydroxyl groups is 1. The lowest BCUT2D eigenvalue weighted by molar-refractivity contribution is -0.142. The molecule has 3 nitrogen and oxygen atoms in total. The van der Waals surface area contributed by atoms with Crippen LogP contribution in [0, 0.1) is 0 Å². The van der Waals surface area contributed by atoms with Crippen molar-refractivity contribution in [2.45, 2.75) is 19.1 Å². The highest BCUT2D eigenvalue weighted by Gasteiger charge is 2.26. The van der Waals surface area contributed by atoms with E-state index in [0.29, 0.717) is 4.48 Å². The monoisotopic (exact) mass is 206 g/mol. The van der Waals surface area contributed by atoms with Crippen LogP contribution in [0.4, 0.5) is 0 Å². The molecule has 0 aliphatic carbocycles. The summed E-state index contributed by atoms with van der Waals surface area (Å²) < 4.78 is 5.09. The van der Waals surface area contributed by atoms with Gasteiger partial charge in [-0.1, -0.05) is 0 Å². The summed E-state index contributed by atoms with van der Waals surface area (Å²) in [5.74, 6) is -0.411. The molecule has 0 bridgehead atoms. The molecular weight excluding hydrogens is 200 g/mol. The number of hydrogen-bond acceptors (Lipinski definition) is 3. The first-order valence-corrected chi connectivity index (χ1v) is 3.67. The summed E-state index contributed by atoms with van der Waals surface area (Å²) in [6, 6.07) is 0. The van der Waals surface area contributed by atoms with E-state index in [2.05, 4.69) is 15.9 Å². The third-order valence-electron chi connectivity index (χ3n) is 1.22. The van der Waals surface area contributed by atoms with Crippen molar-refractivity contribution in [1.82, 2.24) is 0 Å². The SMILES string of the molecule is CC(O)C1C=C(Br)C(=O)O1. The summed E-state index contributed by atoms with van der Waals surface area (Å²) in [7, 11) is 0. The summed E-state index contributed by atoms with van der Waals surface area (Å²) in [6.45, 7) is 1.57. The number of ether oxygens (including phenoxy) is 1. The summed E-state index contributed by atoms with van der Waals surface area (Å²) >= 11 is 2.99. The van der Waals surface area contributed by atoms with Crippen LogP contribution in [-0.4, -0.2) is 23.3 Å². The fourth-order valence-corrected chi connectivity index (χ4v) is 1.02. The van der Waals surface area contributed by atoms with Gasteiger partial charge < -0.3 is 9.84 Å². The van der Waals surface area contributed by atoms with Crippen molar-refractivity contribution in [3.8, 4) is 0 Å². The molecule has 0 fully saturated rings. The predicted octanol–water partition coefficient (Wildman–Crippen LogP) is 0.571. The van der Waals surface area contributed by atoms with E-state index in [4.69, 9.17) is 9.84 Å². The first kappa shape index (κ1) is 7.75. The van der Waals surface area contributed by atoms with Crippen LogP contribution in [0.1, 0.15) is 6.92 Å². The van der Waals surface area contributed by atoms with E-state index in [1.165, 1.54) is 0 Å². The molecule has 2 unspecified atom stereocenters. The van der Waals surface area contributed by atoms with E-state index in [1.807, 2.05) is 0 Å². The minimum atomic E-state index is -0.640. The van der Waals surface area contributed by atoms with Crippen molar-refractivity contribution < 1.29 is 14.6 Å². The minimum Gasteiger partial charge on any atom is -0.451 e. The third kappa shape index (κ3) is 1.38. The molecule has 0 spiro atoms. The van der Waals surface area contributed by atoms with Crippen molar-refractivity contribution in [3.63, 3.8) is 0 Å². The van der Waals surface area contributed by atoms with Crippen molar-refractivity contribution in [3.05, 3.63) is 10.6 Å². The van der Waals surface area contributed by atoms with Gasteiger partial charge in [0, 0.05) is 0 Å². The average Bonchev–Trinajstić information content (AvgIpc) is 2.13. The number of halogens is 1. The Morgan fingerprint density at radius 2 is 2.50 bits per heavy atom. The second kappa shape index (κ2) is 2.72. The third-order valence-corrected chi connectivity index (χ3v) is 1.81. The summed E-state index contributed by atoms with van der Waals surface area (Å²) in [5, 5.41) is 8.95. The molecule has 1 N–H and O–H groups in total. The number of carbonyl (C=O) groups excluding carboxylic acids is 1.